The number of unbranched alkanes of at least 4 members (excludes halogenated alkanes) is 3. The molecule has 0 radical (unpaired) electrons. The third-order valence-electron chi connectivity index (χ3n) is 3.38. The summed E-state index contributed by atoms with van der Waals surface area (Å²) >= 11 is -2.54. The molecule has 0 aliphatic heterocycles. The highest BCUT2D eigenvalue weighted by Gasteiger charge is 2.04. The van der Waals surface area contributed by atoms with E-state index in [1.54, 1.807) is 12.1 Å². The first-order chi connectivity index (χ1) is 9.70. The summed E-state index contributed by atoms with van der Waals surface area (Å²) in [7, 11) is 0. The second-order valence-electron chi connectivity index (χ2n) is 4.91. The Bertz CT molecular complexity index is 595. The van der Waals surface area contributed by atoms with Gasteiger partial charge >= 0.3 is 0 Å². The lowest BCUT2D eigenvalue weighted by molar-refractivity contribution is 0.442. The molecule has 0 saturated carbocycles. The maximum atomic E-state index is 10.7. The number of benzene rings is 2. The predicted octanol–water partition coefficient (Wildman–Crippen LogP) is 4.14. The Morgan fingerprint density at radius 1 is 1.15 bits per heavy atom. The fourth-order valence-electron chi connectivity index (χ4n) is 2.35. The van der Waals surface area contributed by atoms with Crippen LogP contribution in [0.1, 0.15) is 38.2 Å². The minimum absolute atomic E-state index is 0.395. The van der Waals surface area contributed by atoms with Crippen LogP contribution >= 0.6 is 0 Å². The SMILES string of the molecule is CCCCCCc1ccc2cccc(OS(=O)[O-])c2c1. The van der Waals surface area contributed by atoms with Crippen LogP contribution in [-0.2, 0) is 17.8 Å². The summed E-state index contributed by atoms with van der Waals surface area (Å²) in [5.74, 6) is 0.395. The standard InChI is InChI=1S/C16H20O3S/c1-2-3-4-5-7-13-10-11-14-8-6-9-16(15(14)12-13)19-20(17)18/h6,8-12H,2-5,7H2,1H3,(H,17,18)/p-1. The summed E-state index contributed by atoms with van der Waals surface area (Å²) in [6.45, 7) is 2.20. The van der Waals surface area contributed by atoms with Crippen molar-refractivity contribution < 1.29 is 12.9 Å². The van der Waals surface area contributed by atoms with Crippen molar-refractivity contribution in [3.05, 3.63) is 42.0 Å². The van der Waals surface area contributed by atoms with E-state index in [-0.39, 0.29) is 0 Å². The van der Waals surface area contributed by atoms with Gasteiger partial charge in [-0.15, -0.1) is 0 Å². The molecule has 0 heterocycles. The molecule has 0 aromatic heterocycles. The largest absolute Gasteiger partial charge is 0.740 e. The molecule has 0 N–H and O–H groups in total. The van der Waals surface area contributed by atoms with Gasteiger partial charge in [0.05, 0.1) is 0 Å². The van der Waals surface area contributed by atoms with Gasteiger partial charge in [0.2, 0.25) is 0 Å². The van der Waals surface area contributed by atoms with E-state index >= 15 is 0 Å². The van der Waals surface area contributed by atoms with Gasteiger partial charge < -0.3 is 8.74 Å². The fraction of sp³-hybridized carbons (Fsp3) is 0.375. The maximum absolute atomic E-state index is 10.7. The Kier molecular flexibility index (Phi) is 5.56. The van der Waals surface area contributed by atoms with E-state index in [1.165, 1.54) is 24.8 Å². The fourth-order valence-corrected chi connectivity index (χ4v) is 2.64. The van der Waals surface area contributed by atoms with E-state index < -0.39 is 11.4 Å². The summed E-state index contributed by atoms with van der Waals surface area (Å²) in [5.41, 5.74) is 1.22. The molecule has 0 saturated heterocycles. The summed E-state index contributed by atoms with van der Waals surface area (Å²) in [6, 6.07) is 11.6. The third kappa shape index (κ3) is 4.05. The number of aryl methyl sites for hydroxylation is 1. The zero-order valence-corrected chi connectivity index (χ0v) is 12.4. The molecule has 2 rings (SSSR count). The molecule has 0 aliphatic carbocycles. The summed E-state index contributed by atoms with van der Waals surface area (Å²) in [6.07, 6.45) is 5.90. The van der Waals surface area contributed by atoms with Gasteiger partial charge in [0.25, 0.3) is 0 Å². The first-order valence-corrected chi connectivity index (χ1v) is 8.00. The van der Waals surface area contributed by atoms with Crippen LogP contribution in [0.2, 0.25) is 0 Å². The average molecular weight is 291 g/mol. The van der Waals surface area contributed by atoms with Crippen LogP contribution < -0.4 is 4.18 Å². The van der Waals surface area contributed by atoms with Gasteiger partial charge in [0.15, 0.2) is 0 Å². The normalized spacial score (nSPS) is 12.5. The minimum atomic E-state index is -2.54. The van der Waals surface area contributed by atoms with Gasteiger partial charge in [-0.25, -0.2) is 4.21 Å². The first kappa shape index (κ1) is 15.0. The van der Waals surface area contributed by atoms with E-state index in [1.807, 2.05) is 18.2 Å². The zero-order valence-electron chi connectivity index (χ0n) is 11.6. The van der Waals surface area contributed by atoms with E-state index in [9.17, 15) is 8.76 Å². The van der Waals surface area contributed by atoms with E-state index in [0.29, 0.717) is 5.75 Å². The molecule has 1 unspecified atom stereocenters. The van der Waals surface area contributed by atoms with E-state index in [2.05, 4.69) is 13.0 Å². The molecule has 0 aliphatic rings. The summed E-state index contributed by atoms with van der Waals surface area (Å²) in [5, 5.41) is 1.84. The summed E-state index contributed by atoms with van der Waals surface area (Å²) < 4.78 is 26.3. The third-order valence-corrected chi connectivity index (χ3v) is 3.70. The molecule has 2 aromatic rings. The predicted molar refractivity (Wildman–Crippen MR) is 81.3 cm³/mol. The lowest BCUT2D eigenvalue weighted by Gasteiger charge is -2.11. The number of rotatable bonds is 7. The number of hydrogen-bond donors (Lipinski definition) is 0. The molecule has 3 nitrogen and oxygen atoms in total. The Hall–Kier alpha value is -1.39. The van der Waals surface area contributed by atoms with Crippen molar-refractivity contribution in [3.8, 4) is 5.75 Å². The van der Waals surface area contributed by atoms with E-state index in [0.717, 1.165) is 23.6 Å². The van der Waals surface area contributed by atoms with Crippen molar-refractivity contribution in [1.82, 2.24) is 0 Å². The van der Waals surface area contributed by atoms with Crippen LogP contribution in [0.4, 0.5) is 0 Å². The highest BCUT2D eigenvalue weighted by molar-refractivity contribution is 7.74. The van der Waals surface area contributed by atoms with Crippen molar-refractivity contribution in [2.24, 2.45) is 0 Å². The van der Waals surface area contributed by atoms with Crippen LogP contribution in [0.25, 0.3) is 10.8 Å². The Morgan fingerprint density at radius 2 is 2.00 bits per heavy atom. The Morgan fingerprint density at radius 3 is 2.75 bits per heavy atom. The van der Waals surface area contributed by atoms with Crippen molar-refractivity contribution in [2.45, 2.75) is 39.0 Å². The summed E-state index contributed by atoms with van der Waals surface area (Å²) in [4.78, 5) is 0. The molecule has 2 aromatic carbocycles. The van der Waals surface area contributed by atoms with Gasteiger partial charge in [-0.3, -0.25) is 0 Å². The van der Waals surface area contributed by atoms with Crippen molar-refractivity contribution >= 4 is 22.1 Å². The Labute approximate surface area is 122 Å². The minimum Gasteiger partial charge on any atom is -0.740 e. The van der Waals surface area contributed by atoms with Gasteiger partial charge in [-0.2, -0.15) is 0 Å². The molecular formula is C16H19O3S-. The highest BCUT2D eigenvalue weighted by atomic mass is 32.2. The lowest BCUT2D eigenvalue weighted by atomic mass is 10.0. The quantitative estimate of drug-likeness (QED) is 0.569. The highest BCUT2D eigenvalue weighted by Crippen LogP contribution is 2.27. The second kappa shape index (κ2) is 7.41. The van der Waals surface area contributed by atoms with Crippen molar-refractivity contribution in [2.75, 3.05) is 0 Å². The molecule has 1 atom stereocenters. The van der Waals surface area contributed by atoms with Crippen molar-refractivity contribution in [3.63, 3.8) is 0 Å². The molecule has 0 fully saturated rings. The van der Waals surface area contributed by atoms with Gasteiger partial charge in [0.1, 0.15) is 17.1 Å². The second-order valence-corrected chi connectivity index (χ2v) is 5.48. The maximum Gasteiger partial charge on any atom is 0.147 e. The molecular weight excluding hydrogens is 272 g/mol. The molecule has 4 heteroatoms. The van der Waals surface area contributed by atoms with Gasteiger partial charge in [0, 0.05) is 5.39 Å². The van der Waals surface area contributed by atoms with Gasteiger partial charge in [-0.1, -0.05) is 50.5 Å². The molecule has 0 bridgehead atoms. The van der Waals surface area contributed by atoms with E-state index in [4.69, 9.17) is 4.18 Å². The Balaban J connectivity index is 2.20. The average Bonchev–Trinajstić information content (AvgIpc) is 2.43. The topological polar surface area (TPSA) is 49.4 Å². The molecule has 20 heavy (non-hydrogen) atoms. The van der Waals surface area contributed by atoms with Crippen LogP contribution in [0.3, 0.4) is 0 Å². The van der Waals surface area contributed by atoms with Crippen molar-refractivity contribution in [1.29, 1.82) is 0 Å². The molecule has 0 amide bonds. The number of hydrogen-bond acceptors (Lipinski definition) is 3. The van der Waals surface area contributed by atoms with Crippen LogP contribution in [0.5, 0.6) is 5.75 Å². The molecule has 0 spiro atoms. The van der Waals surface area contributed by atoms with Crippen LogP contribution in [-0.4, -0.2) is 8.76 Å². The first-order valence-electron chi connectivity index (χ1n) is 7.00. The number of fused-ring (bicyclic) bond motifs is 1. The van der Waals surface area contributed by atoms with Gasteiger partial charge in [-0.05, 0) is 35.9 Å². The zero-order chi connectivity index (χ0) is 14.4. The monoisotopic (exact) mass is 291 g/mol. The van der Waals surface area contributed by atoms with Crippen LogP contribution in [0.15, 0.2) is 36.4 Å². The smallest absolute Gasteiger partial charge is 0.147 e. The molecule has 108 valence electrons. The van der Waals surface area contributed by atoms with Crippen LogP contribution in [0, 0.1) is 0 Å². The lowest BCUT2D eigenvalue weighted by Crippen LogP contribution is -1.98.